The molecule has 0 atom stereocenters. The predicted octanol–water partition coefficient (Wildman–Crippen LogP) is 5.23. The van der Waals surface area contributed by atoms with Gasteiger partial charge in [-0.05, 0) is 49.8 Å². The van der Waals surface area contributed by atoms with Crippen LogP contribution in [0.5, 0.6) is 0 Å². The van der Waals surface area contributed by atoms with E-state index < -0.39 is 11.8 Å². The number of carbonyl (C=O) groups is 2. The lowest BCUT2D eigenvalue weighted by molar-refractivity contribution is -0.120. The van der Waals surface area contributed by atoms with Crippen molar-refractivity contribution in [2.75, 3.05) is 18.0 Å². The highest BCUT2D eigenvalue weighted by Crippen LogP contribution is 2.34. The second-order valence-corrected chi connectivity index (χ2v) is 8.15. The Balaban J connectivity index is 1.83. The SMILES string of the molecule is CCN(CC)c1ccc(/C=C2/SC(=S)N(C(=O)c3ccccc3Cl)C2=O)cc1. The van der Waals surface area contributed by atoms with Gasteiger partial charge in [0.05, 0.1) is 15.5 Å². The van der Waals surface area contributed by atoms with Crippen LogP contribution in [0.25, 0.3) is 6.08 Å². The molecule has 1 heterocycles. The topological polar surface area (TPSA) is 40.6 Å². The van der Waals surface area contributed by atoms with Crippen LogP contribution in [-0.4, -0.2) is 34.1 Å². The monoisotopic (exact) mass is 430 g/mol. The smallest absolute Gasteiger partial charge is 0.273 e. The molecule has 0 unspecified atom stereocenters. The average Bonchev–Trinajstić information content (AvgIpc) is 2.97. The minimum absolute atomic E-state index is 0.209. The highest BCUT2D eigenvalue weighted by molar-refractivity contribution is 8.26. The number of thiocarbonyl (C=S) groups is 1. The molecule has 3 rings (SSSR count). The summed E-state index contributed by atoms with van der Waals surface area (Å²) in [5, 5.41) is 0.289. The molecule has 144 valence electrons. The first kappa shape index (κ1) is 20.6. The number of anilines is 1. The fourth-order valence-electron chi connectivity index (χ4n) is 2.92. The van der Waals surface area contributed by atoms with Gasteiger partial charge < -0.3 is 4.90 Å². The van der Waals surface area contributed by atoms with Crippen LogP contribution >= 0.6 is 35.6 Å². The quantitative estimate of drug-likeness (QED) is 0.369. The maximum Gasteiger partial charge on any atom is 0.273 e. The molecule has 1 fully saturated rings. The molecule has 1 aliphatic rings. The molecule has 4 nitrogen and oxygen atoms in total. The summed E-state index contributed by atoms with van der Waals surface area (Å²) < 4.78 is 0.209. The molecule has 28 heavy (non-hydrogen) atoms. The summed E-state index contributed by atoms with van der Waals surface area (Å²) in [4.78, 5) is 29.2. The lowest BCUT2D eigenvalue weighted by atomic mass is 10.1. The van der Waals surface area contributed by atoms with E-state index in [-0.39, 0.29) is 14.9 Å². The summed E-state index contributed by atoms with van der Waals surface area (Å²) in [5.74, 6) is -0.930. The fraction of sp³-hybridized carbons (Fsp3) is 0.190. The molecule has 1 saturated heterocycles. The van der Waals surface area contributed by atoms with Crippen LogP contribution in [0.2, 0.25) is 5.02 Å². The van der Waals surface area contributed by atoms with Gasteiger partial charge in [-0.2, -0.15) is 0 Å². The van der Waals surface area contributed by atoms with E-state index >= 15 is 0 Å². The number of carbonyl (C=O) groups excluding carboxylic acids is 2. The zero-order chi connectivity index (χ0) is 20.3. The highest BCUT2D eigenvalue weighted by Gasteiger charge is 2.37. The molecular formula is C21H19ClN2O2S2. The van der Waals surface area contributed by atoms with E-state index in [2.05, 4.69) is 18.7 Å². The van der Waals surface area contributed by atoms with Gasteiger partial charge in [0.2, 0.25) is 0 Å². The first-order valence-corrected chi connectivity index (χ1v) is 10.5. The van der Waals surface area contributed by atoms with Crippen LogP contribution in [0.3, 0.4) is 0 Å². The highest BCUT2D eigenvalue weighted by atomic mass is 35.5. The first-order valence-electron chi connectivity index (χ1n) is 8.88. The third-order valence-corrected chi connectivity index (χ3v) is 6.05. The van der Waals surface area contributed by atoms with Crippen LogP contribution in [0, 0.1) is 0 Å². The van der Waals surface area contributed by atoms with Crippen LogP contribution < -0.4 is 4.90 Å². The molecule has 0 spiro atoms. The van der Waals surface area contributed by atoms with Gasteiger partial charge in [-0.25, -0.2) is 4.90 Å². The van der Waals surface area contributed by atoms with Crippen molar-refractivity contribution in [2.24, 2.45) is 0 Å². The molecule has 0 aromatic heterocycles. The number of hydrogen-bond donors (Lipinski definition) is 0. The summed E-state index contributed by atoms with van der Waals surface area (Å²) in [6, 6.07) is 14.6. The van der Waals surface area contributed by atoms with Crippen molar-refractivity contribution in [2.45, 2.75) is 13.8 Å². The minimum Gasteiger partial charge on any atom is -0.372 e. The molecule has 0 aliphatic carbocycles. The Hall–Kier alpha value is -2.15. The van der Waals surface area contributed by atoms with Crippen molar-refractivity contribution in [1.82, 2.24) is 4.90 Å². The number of thioether (sulfide) groups is 1. The minimum atomic E-state index is -0.506. The van der Waals surface area contributed by atoms with Crippen molar-refractivity contribution in [3.63, 3.8) is 0 Å². The lowest BCUT2D eigenvalue weighted by Gasteiger charge is -2.20. The summed E-state index contributed by atoms with van der Waals surface area (Å²) in [6.07, 6.45) is 1.76. The molecule has 0 radical (unpaired) electrons. The van der Waals surface area contributed by atoms with E-state index in [1.54, 1.807) is 30.3 Å². The van der Waals surface area contributed by atoms with Gasteiger partial charge in [0.25, 0.3) is 11.8 Å². The Morgan fingerprint density at radius 3 is 2.39 bits per heavy atom. The third-order valence-electron chi connectivity index (χ3n) is 4.42. The Kier molecular flexibility index (Phi) is 6.54. The van der Waals surface area contributed by atoms with Crippen molar-refractivity contribution in [1.29, 1.82) is 0 Å². The number of hydrogen-bond acceptors (Lipinski definition) is 5. The maximum absolute atomic E-state index is 12.8. The Labute approximate surface area is 179 Å². The standard InChI is InChI=1S/C21H19ClN2O2S2/c1-3-23(4-2)15-11-9-14(10-12-15)13-18-20(26)24(21(27)28-18)19(25)16-7-5-6-8-17(16)22/h5-13H,3-4H2,1-2H3/b18-13+. The molecule has 2 aromatic carbocycles. The van der Waals surface area contributed by atoms with Gasteiger partial charge in [-0.1, -0.05) is 59.8 Å². The van der Waals surface area contributed by atoms with Crippen molar-refractivity contribution in [3.05, 3.63) is 69.6 Å². The third kappa shape index (κ3) is 4.14. The van der Waals surface area contributed by atoms with Gasteiger partial charge >= 0.3 is 0 Å². The van der Waals surface area contributed by atoms with E-state index in [1.165, 1.54) is 0 Å². The Morgan fingerprint density at radius 2 is 1.79 bits per heavy atom. The Morgan fingerprint density at radius 1 is 1.14 bits per heavy atom. The fourth-order valence-corrected chi connectivity index (χ4v) is 4.39. The zero-order valence-corrected chi connectivity index (χ0v) is 17.9. The zero-order valence-electron chi connectivity index (χ0n) is 15.5. The number of benzene rings is 2. The number of rotatable bonds is 5. The molecular weight excluding hydrogens is 412 g/mol. The van der Waals surface area contributed by atoms with E-state index in [0.29, 0.717) is 4.91 Å². The number of nitrogens with zero attached hydrogens (tertiary/aromatic N) is 2. The van der Waals surface area contributed by atoms with Crippen molar-refractivity contribution in [3.8, 4) is 0 Å². The maximum atomic E-state index is 12.8. The van der Waals surface area contributed by atoms with Crippen molar-refractivity contribution < 1.29 is 9.59 Å². The molecule has 0 N–H and O–H groups in total. The van der Waals surface area contributed by atoms with Crippen LogP contribution in [0.1, 0.15) is 29.8 Å². The number of halogens is 1. The normalized spacial score (nSPS) is 15.4. The number of amides is 2. The summed E-state index contributed by atoms with van der Waals surface area (Å²) in [7, 11) is 0. The number of imide groups is 1. The van der Waals surface area contributed by atoms with Gasteiger partial charge in [0.1, 0.15) is 0 Å². The summed E-state index contributed by atoms with van der Waals surface area (Å²) in [6.45, 7) is 6.08. The lowest BCUT2D eigenvalue weighted by Crippen LogP contribution is -2.34. The van der Waals surface area contributed by atoms with Crippen LogP contribution in [0.4, 0.5) is 5.69 Å². The van der Waals surface area contributed by atoms with Crippen LogP contribution in [-0.2, 0) is 4.79 Å². The molecule has 7 heteroatoms. The molecule has 0 bridgehead atoms. The summed E-state index contributed by atoms with van der Waals surface area (Å²) >= 11 is 12.5. The Bertz CT molecular complexity index is 953. The second kappa shape index (κ2) is 8.90. The molecule has 1 aliphatic heterocycles. The van der Waals surface area contributed by atoms with E-state index in [4.69, 9.17) is 23.8 Å². The largest absolute Gasteiger partial charge is 0.372 e. The van der Waals surface area contributed by atoms with E-state index in [1.807, 2.05) is 24.3 Å². The molecule has 2 amide bonds. The summed E-state index contributed by atoms with van der Waals surface area (Å²) in [5.41, 5.74) is 2.26. The second-order valence-electron chi connectivity index (χ2n) is 6.07. The van der Waals surface area contributed by atoms with Gasteiger partial charge in [0, 0.05) is 18.8 Å². The van der Waals surface area contributed by atoms with Crippen molar-refractivity contribution >= 4 is 63.5 Å². The first-order chi connectivity index (χ1) is 13.5. The predicted molar refractivity (Wildman–Crippen MR) is 121 cm³/mol. The van der Waals surface area contributed by atoms with Crippen LogP contribution in [0.15, 0.2) is 53.4 Å². The molecule has 0 saturated carbocycles. The van der Waals surface area contributed by atoms with E-state index in [0.717, 1.165) is 41.0 Å². The average molecular weight is 431 g/mol. The molecule has 2 aromatic rings. The van der Waals surface area contributed by atoms with Gasteiger partial charge in [-0.3, -0.25) is 9.59 Å². The van der Waals surface area contributed by atoms with Gasteiger partial charge in [-0.15, -0.1) is 0 Å². The van der Waals surface area contributed by atoms with E-state index in [9.17, 15) is 9.59 Å². The van der Waals surface area contributed by atoms with Gasteiger partial charge in [0.15, 0.2) is 4.32 Å².